The fourth-order valence-corrected chi connectivity index (χ4v) is 1.55. The fourth-order valence-electron chi connectivity index (χ4n) is 1.40. The number of aromatic nitrogens is 1. The Morgan fingerprint density at radius 3 is 2.55 bits per heavy atom. The van der Waals surface area contributed by atoms with Crippen molar-refractivity contribution in [2.45, 2.75) is 0 Å². The van der Waals surface area contributed by atoms with Crippen LogP contribution in [0.3, 0.4) is 0 Å². The van der Waals surface area contributed by atoms with Gasteiger partial charge in [0, 0.05) is 6.07 Å². The maximum Gasteiger partial charge on any atom is 0.335 e. The van der Waals surface area contributed by atoms with Crippen LogP contribution in [0.2, 0.25) is 5.02 Å². The van der Waals surface area contributed by atoms with Gasteiger partial charge in [0.25, 0.3) is 5.88 Å². The summed E-state index contributed by atoms with van der Waals surface area (Å²) in [6.45, 7) is 0. The van der Waals surface area contributed by atoms with Crippen molar-refractivity contribution >= 4 is 23.3 Å². The topological polar surface area (TPSA) is 103 Å². The summed E-state index contributed by atoms with van der Waals surface area (Å²) >= 11 is 5.63. The number of carboxylic acids is 1. The molecule has 0 fully saturated rings. The molecule has 0 radical (unpaired) electrons. The quantitative estimate of drug-likeness (QED) is 0.686. The van der Waals surface area contributed by atoms with Gasteiger partial charge in [-0.1, -0.05) is 11.6 Å². The van der Waals surface area contributed by atoms with Crippen molar-refractivity contribution in [3.05, 3.63) is 57.2 Å². The minimum Gasteiger partial charge on any atom is -0.478 e. The molecule has 102 valence electrons. The van der Waals surface area contributed by atoms with Crippen LogP contribution >= 0.6 is 11.6 Å². The molecule has 1 heterocycles. The van der Waals surface area contributed by atoms with E-state index in [9.17, 15) is 14.9 Å². The first-order valence-electron chi connectivity index (χ1n) is 5.28. The normalized spacial score (nSPS) is 10.1. The number of halogens is 1. The lowest BCUT2D eigenvalue weighted by Gasteiger charge is -2.05. The van der Waals surface area contributed by atoms with Gasteiger partial charge in [-0.15, -0.1) is 0 Å². The molecule has 0 amide bonds. The van der Waals surface area contributed by atoms with E-state index in [4.69, 9.17) is 21.4 Å². The first kappa shape index (κ1) is 13.8. The van der Waals surface area contributed by atoms with E-state index in [0.717, 1.165) is 6.07 Å². The molecule has 0 saturated heterocycles. The number of carbonyl (C=O) groups is 1. The zero-order valence-corrected chi connectivity index (χ0v) is 10.6. The lowest BCUT2D eigenvalue weighted by atomic mass is 10.2. The number of rotatable bonds is 4. The second-order valence-electron chi connectivity index (χ2n) is 3.67. The molecule has 0 atom stereocenters. The van der Waals surface area contributed by atoms with E-state index >= 15 is 0 Å². The van der Waals surface area contributed by atoms with Crippen molar-refractivity contribution in [3.8, 4) is 11.6 Å². The number of carboxylic acid groups (broad SMARTS) is 1. The highest BCUT2D eigenvalue weighted by Crippen LogP contribution is 2.31. The Morgan fingerprint density at radius 1 is 1.35 bits per heavy atom. The summed E-state index contributed by atoms with van der Waals surface area (Å²) in [6.07, 6.45) is 1.22. The third-order valence-corrected chi connectivity index (χ3v) is 2.52. The molecule has 1 N–H and O–H groups in total. The molecule has 0 aliphatic heterocycles. The average Bonchev–Trinajstić information content (AvgIpc) is 2.41. The summed E-state index contributed by atoms with van der Waals surface area (Å²) in [5.41, 5.74) is -0.296. The van der Waals surface area contributed by atoms with E-state index < -0.39 is 10.9 Å². The third kappa shape index (κ3) is 3.01. The van der Waals surface area contributed by atoms with Gasteiger partial charge < -0.3 is 9.84 Å². The van der Waals surface area contributed by atoms with Gasteiger partial charge in [-0.05, 0) is 24.3 Å². The molecule has 2 rings (SSSR count). The number of aromatic carboxylic acids is 1. The molecule has 0 aliphatic carbocycles. The lowest BCUT2D eigenvalue weighted by Crippen LogP contribution is -1.97. The Labute approximate surface area is 117 Å². The number of hydrogen-bond acceptors (Lipinski definition) is 5. The van der Waals surface area contributed by atoms with E-state index in [1.807, 2.05) is 0 Å². The van der Waals surface area contributed by atoms with Gasteiger partial charge in [0.05, 0.1) is 21.7 Å². The lowest BCUT2D eigenvalue weighted by molar-refractivity contribution is -0.386. The zero-order chi connectivity index (χ0) is 14.7. The molecule has 0 spiro atoms. The van der Waals surface area contributed by atoms with Gasteiger partial charge in [0.2, 0.25) is 0 Å². The van der Waals surface area contributed by atoms with Crippen molar-refractivity contribution in [2.24, 2.45) is 0 Å². The molecular weight excluding hydrogens is 288 g/mol. The maximum absolute atomic E-state index is 10.9. The molecule has 8 heteroatoms. The van der Waals surface area contributed by atoms with E-state index in [0.29, 0.717) is 0 Å². The highest BCUT2D eigenvalue weighted by Gasteiger charge is 2.18. The minimum atomic E-state index is -1.08. The van der Waals surface area contributed by atoms with E-state index in [2.05, 4.69) is 4.98 Å². The van der Waals surface area contributed by atoms with Gasteiger partial charge >= 0.3 is 11.7 Å². The summed E-state index contributed by atoms with van der Waals surface area (Å²) in [6, 6.07) is 6.52. The summed E-state index contributed by atoms with van der Waals surface area (Å²) in [5, 5.41) is 19.7. The molecule has 0 aliphatic rings. The predicted molar refractivity (Wildman–Crippen MR) is 69.4 cm³/mol. The second kappa shape index (κ2) is 5.54. The van der Waals surface area contributed by atoms with E-state index in [1.165, 1.54) is 30.5 Å². The van der Waals surface area contributed by atoms with Crippen molar-refractivity contribution in [3.63, 3.8) is 0 Å². The molecule has 7 nitrogen and oxygen atoms in total. The van der Waals surface area contributed by atoms with Crippen LogP contribution in [0.5, 0.6) is 11.6 Å². The Kier molecular flexibility index (Phi) is 3.81. The van der Waals surface area contributed by atoms with Gasteiger partial charge in [-0.2, -0.15) is 0 Å². The highest BCUT2D eigenvalue weighted by molar-refractivity contribution is 6.30. The molecule has 0 bridgehead atoms. The number of nitrogens with zero attached hydrogens (tertiary/aromatic N) is 2. The SMILES string of the molecule is O=C(O)c1ccc(Oc2ncc(Cl)cc2[N+](=O)[O-])cc1. The summed E-state index contributed by atoms with van der Waals surface area (Å²) in [4.78, 5) is 24.6. The fraction of sp³-hybridized carbons (Fsp3) is 0. The molecule has 1 aromatic heterocycles. The molecular formula is C12H7ClN2O5. The summed E-state index contributed by atoms with van der Waals surface area (Å²) in [7, 11) is 0. The Hall–Kier alpha value is -2.67. The largest absolute Gasteiger partial charge is 0.478 e. The number of nitro groups is 1. The van der Waals surface area contributed by atoms with Gasteiger partial charge in [0.1, 0.15) is 5.75 Å². The number of pyridine rings is 1. The van der Waals surface area contributed by atoms with Gasteiger partial charge in [-0.3, -0.25) is 10.1 Å². The van der Waals surface area contributed by atoms with Crippen LogP contribution in [-0.2, 0) is 0 Å². The van der Waals surface area contributed by atoms with Crippen molar-refractivity contribution in [2.75, 3.05) is 0 Å². The van der Waals surface area contributed by atoms with Crippen molar-refractivity contribution in [1.29, 1.82) is 0 Å². The molecule has 2 aromatic rings. The van der Waals surface area contributed by atoms with Crippen LogP contribution in [0.4, 0.5) is 5.69 Å². The Balaban J connectivity index is 2.30. The van der Waals surface area contributed by atoms with Crippen LogP contribution < -0.4 is 4.74 Å². The van der Waals surface area contributed by atoms with E-state index in [-0.39, 0.29) is 27.9 Å². The summed E-state index contributed by atoms with van der Waals surface area (Å²) in [5.74, 6) is -1.07. The monoisotopic (exact) mass is 294 g/mol. The molecule has 1 aromatic carbocycles. The van der Waals surface area contributed by atoms with Gasteiger partial charge in [0.15, 0.2) is 0 Å². The van der Waals surface area contributed by atoms with Crippen LogP contribution in [0.15, 0.2) is 36.5 Å². The summed E-state index contributed by atoms with van der Waals surface area (Å²) < 4.78 is 5.26. The zero-order valence-electron chi connectivity index (χ0n) is 9.82. The number of ether oxygens (including phenoxy) is 1. The van der Waals surface area contributed by atoms with Crippen LogP contribution in [-0.4, -0.2) is 21.0 Å². The molecule has 0 saturated carbocycles. The van der Waals surface area contributed by atoms with Crippen LogP contribution in [0.25, 0.3) is 0 Å². The predicted octanol–water partition coefficient (Wildman–Crippen LogP) is 3.13. The second-order valence-corrected chi connectivity index (χ2v) is 4.10. The van der Waals surface area contributed by atoms with Crippen molar-refractivity contribution < 1.29 is 19.6 Å². The maximum atomic E-state index is 10.9. The van der Waals surface area contributed by atoms with Crippen LogP contribution in [0.1, 0.15) is 10.4 Å². The standard InChI is InChI=1S/C12H7ClN2O5/c13-8-5-10(15(18)19)11(14-6-8)20-9-3-1-7(2-4-9)12(16)17/h1-6H,(H,16,17). The molecule has 20 heavy (non-hydrogen) atoms. The van der Waals surface area contributed by atoms with Gasteiger partial charge in [-0.25, -0.2) is 9.78 Å². The van der Waals surface area contributed by atoms with Crippen molar-refractivity contribution in [1.82, 2.24) is 4.98 Å². The number of hydrogen-bond donors (Lipinski definition) is 1. The Bertz CT molecular complexity index is 672. The molecule has 0 unspecified atom stereocenters. The first-order chi connectivity index (χ1) is 9.47. The number of benzene rings is 1. The smallest absolute Gasteiger partial charge is 0.335 e. The average molecular weight is 295 g/mol. The Morgan fingerprint density at radius 2 is 2.00 bits per heavy atom. The minimum absolute atomic E-state index is 0.0796. The van der Waals surface area contributed by atoms with E-state index in [1.54, 1.807) is 0 Å². The first-order valence-corrected chi connectivity index (χ1v) is 5.66. The third-order valence-electron chi connectivity index (χ3n) is 2.31. The highest BCUT2D eigenvalue weighted by atomic mass is 35.5. The van der Waals surface area contributed by atoms with Crippen LogP contribution in [0, 0.1) is 10.1 Å².